The Bertz CT molecular complexity index is 732. The maximum absolute atomic E-state index is 13.5. The number of carbonyl (C=O) groups is 3. The fraction of sp³-hybridized carbons (Fsp3) is 0.214. The van der Waals surface area contributed by atoms with Crippen LogP contribution in [0.4, 0.5) is 18.4 Å². The van der Waals surface area contributed by atoms with Gasteiger partial charge in [0, 0.05) is 5.70 Å². The number of ether oxygens (including phenoxy) is 1. The lowest BCUT2D eigenvalue weighted by atomic mass is 9.94. The SMILES string of the molecule is COC(=O)N1C(=O)NC(C)=C(C(=O)O)C1c1ccc(F)c(F)c1. The van der Waals surface area contributed by atoms with Crippen molar-refractivity contribution in [2.24, 2.45) is 0 Å². The van der Waals surface area contributed by atoms with Crippen LogP contribution in [-0.2, 0) is 9.53 Å². The first-order valence-electron chi connectivity index (χ1n) is 6.35. The summed E-state index contributed by atoms with van der Waals surface area (Å²) in [6.07, 6.45) is -1.14. The molecule has 1 aliphatic heterocycles. The Morgan fingerprint density at radius 1 is 1.30 bits per heavy atom. The van der Waals surface area contributed by atoms with Crippen molar-refractivity contribution in [2.75, 3.05) is 7.11 Å². The van der Waals surface area contributed by atoms with E-state index in [4.69, 9.17) is 0 Å². The maximum Gasteiger partial charge on any atom is 0.418 e. The van der Waals surface area contributed by atoms with Gasteiger partial charge in [-0.2, -0.15) is 0 Å². The van der Waals surface area contributed by atoms with E-state index in [2.05, 4.69) is 10.1 Å². The predicted molar refractivity (Wildman–Crippen MR) is 72.2 cm³/mol. The number of aliphatic carboxylic acids is 1. The van der Waals surface area contributed by atoms with Gasteiger partial charge in [-0.15, -0.1) is 0 Å². The zero-order valence-corrected chi connectivity index (χ0v) is 12.1. The number of allylic oxidation sites excluding steroid dienone is 1. The molecule has 1 unspecified atom stereocenters. The van der Waals surface area contributed by atoms with Gasteiger partial charge in [-0.1, -0.05) is 6.07 Å². The Balaban J connectivity index is 2.68. The van der Waals surface area contributed by atoms with Gasteiger partial charge in [0.2, 0.25) is 0 Å². The number of imide groups is 1. The van der Waals surface area contributed by atoms with Crippen molar-refractivity contribution in [2.45, 2.75) is 13.0 Å². The monoisotopic (exact) mass is 326 g/mol. The van der Waals surface area contributed by atoms with Gasteiger partial charge in [-0.05, 0) is 24.6 Å². The van der Waals surface area contributed by atoms with Crippen molar-refractivity contribution < 1.29 is 33.0 Å². The number of benzene rings is 1. The van der Waals surface area contributed by atoms with Crippen molar-refractivity contribution in [3.63, 3.8) is 0 Å². The van der Waals surface area contributed by atoms with Crippen molar-refractivity contribution in [1.29, 1.82) is 0 Å². The molecule has 2 N–H and O–H groups in total. The average Bonchev–Trinajstić information content (AvgIpc) is 2.48. The number of rotatable bonds is 2. The number of hydrogen-bond acceptors (Lipinski definition) is 4. The van der Waals surface area contributed by atoms with Gasteiger partial charge in [0.15, 0.2) is 11.6 Å². The second-order valence-corrected chi connectivity index (χ2v) is 4.69. The van der Waals surface area contributed by atoms with Crippen LogP contribution in [0.5, 0.6) is 0 Å². The molecule has 0 fully saturated rings. The van der Waals surface area contributed by atoms with Gasteiger partial charge in [0.25, 0.3) is 0 Å². The van der Waals surface area contributed by atoms with E-state index in [1.807, 2.05) is 0 Å². The molecule has 122 valence electrons. The van der Waals surface area contributed by atoms with Crippen LogP contribution in [0.15, 0.2) is 29.5 Å². The summed E-state index contributed by atoms with van der Waals surface area (Å²) in [5.41, 5.74) is -0.459. The number of halogens is 2. The van der Waals surface area contributed by atoms with Gasteiger partial charge < -0.3 is 15.2 Å². The highest BCUT2D eigenvalue weighted by molar-refractivity contribution is 5.99. The Kier molecular flexibility index (Phi) is 4.30. The number of carbonyl (C=O) groups excluding carboxylic acids is 2. The Morgan fingerprint density at radius 2 is 1.96 bits per heavy atom. The molecule has 0 aliphatic carbocycles. The van der Waals surface area contributed by atoms with Gasteiger partial charge in [-0.25, -0.2) is 28.1 Å². The number of nitrogens with one attached hydrogen (secondary N) is 1. The molecule has 0 saturated heterocycles. The zero-order chi connectivity index (χ0) is 17.3. The van der Waals surface area contributed by atoms with E-state index in [1.165, 1.54) is 6.92 Å². The summed E-state index contributed by atoms with van der Waals surface area (Å²) in [6.45, 7) is 1.32. The molecule has 1 aliphatic rings. The van der Waals surface area contributed by atoms with E-state index in [-0.39, 0.29) is 16.8 Å². The molecule has 1 heterocycles. The van der Waals surface area contributed by atoms with Crippen molar-refractivity contribution in [1.82, 2.24) is 10.2 Å². The highest BCUT2D eigenvalue weighted by atomic mass is 19.2. The number of carboxylic acids is 1. The van der Waals surface area contributed by atoms with E-state index in [1.54, 1.807) is 0 Å². The predicted octanol–water partition coefficient (Wildman–Crippen LogP) is 2.16. The number of urea groups is 1. The van der Waals surface area contributed by atoms with Gasteiger partial charge in [0.05, 0.1) is 12.7 Å². The summed E-state index contributed by atoms with van der Waals surface area (Å²) in [7, 11) is 1.00. The molecule has 1 atom stereocenters. The Hall–Kier alpha value is -2.97. The number of carboxylic acid groups (broad SMARTS) is 1. The van der Waals surface area contributed by atoms with Crippen LogP contribution in [0.25, 0.3) is 0 Å². The van der Waals surface area contributed by atoms with Crippen LogP contribution >= 0.6 is 0 Å². The van der Waals surface area contributed by atoms with E-state index in [0.29, 0.717) is 4.90 Å². The quantitative estimate of drug-likeness (QED) is 0.868. The number of hydrogen-bond donors (Lipinski definition) is 2. The van der Waals surface area contributed by atoms with Gasteiger partial charge >= 0.3 is 18.1 Å². The second-order valence-electron chi connectivity index (χ2n) is 4.69. The summed E-state index contributed by atoms with van der Waals surface area (Å²) in [5.74, 6) is -3.80. The molecule has 0 bridgehead atoms. The largest absolute Gasteiger partial charge is 0.478 e. The minimum atomic E-state index is -1.45. The summed E-state index contributed by atoms with van der Waals surface area (Å²) < 4.78 is 31.1. The highest BCUT2D eigenvalue weighted by Gasteiger charge is 2.42. The van der Waals surface area contributed by atoms with Crippen LogP contribution in [-0.4, -0.2) is 35.2 Å². The molecular weight excluding hydrogens is 314 g/mol. The molecule has 2 rings (SSSR count). The van der Waals surface area contributed by atoms with Crippen LogP contribution < -0.4 is 5.32 Å². The fourth-order valence-electron chi connectivity index (χ4n) is 2.30. The number of methoxy groups -OCH3 is 1. The zero-order valence-electron chi connectivity index (χ0n) is 12.1. The number of amides is 3. The standard InChI is InChI=1S/C14H12F2N2O5/c1-6-10(12(19)20)11(7-3-4-8(15)9(16)5-7)18(13(21)17-6)14(22)23-2/h3-5,11H,1-2H3,(H,17,21)(H,19,20). The first-order valence-corrected chi connectivity index (χ1v) is 6.35. The lowest BCUT2D eigenvalue weighted by molar-refractivity contribution is -0.133. The normalized spacial score (nSPS) is 17.8. The molecule has 7 nitrogen and oxygen atoms in total. The molecule has 0 radical (unpaired) electrons. The highest BCUT2D eigenvalue weighted by Crippen LogP contribution is 2.34. The molecule has 1 aromatic rings. The van der Waals surface area contributed by atoms with E-state index >= 15 is 0 Å². The molecular formula is C14H12F2N2O5. The van der Waals surface area contributed by atoms with Crippen LogP contribution in [0.1, 0.15) is 18.5 Å². The molecule has 1 aromatic carbocycles. The van der Waals surface area contributed by atoms with E-state index < -0.39 is 35.8 Å². The summed E-state index contributed by atoms with van der Waals surface area (Å²) >= 11 is 0. The van der Waals surface area contributed by atoms with E-state index in [0.717, 1.165) is 25.3 Å². The van der Waals surface area contributed by atoms with Gasteiger partial charge in [-0.3, -0.25) is 0 Å². The van der Waals surface area contributed by atoms with Crippen LogP contribution in [0.3, 0.4) is 0 Å². The average molecular weight is 326 g/mol. The maximum atomic E-state index is 13.5. The van der Waals surface area contributed by atoms with E-state index in [9.17, 15) is 28.3 Å². The summed E-state index contributed by atoms with van der Waals surface area (Å²) in [6, 6.07) is 0.206. The lowest BCUT2D eigenvalue weighted by Gasteiger charge is -2.34. The van der Waals surface area contributed by atoms with Crippen molar-refractivity contribution in [3.8, 4) is 0 Å². The molecule has 9 heteroatoms. The molecule has 0 aromatic heterocycles. The first kappa shape index (κ1) is 16.4. The van der Waals surface area contributed by atoms with Gasteiger partial charge in [0.1, 0.15) is 6.04 Å². The fourth-order valence-corrected chi connectivity index (χ4v) is 2.30. The molecule has 23 heavy (non-hydrogen) atoms. The first-order chi connectivity index (χ1) is 10.8. The van der Waals surface area contributed by atoms with Crippen molar-refractivity contribution in [3.05, 3.63) is 46.7 Å². The third-order valence-corrected chi connectivity index (χ3v) is 3.31. The van der Waals surface area contributed by atoms with Crippen LogP contribution in [0, 0.1) is 11.6 Å². The smallest absolute Gasteiger partial charge is 0.418 e. The second kappa shape index (κ2) is 6.03. The summed E-state index contributed by atoms with van der Waals surface area (Å²) in [5, 5.41) is 11.6. The third kappa shape index (κ3) is 2.85. The molecule has 0 saturated carbocycles. The topological polar surface area (TPSA) is 95.9 Å². The molecule has 0 spiro atoms. The van der Waals surface area contributed by atoms with Crippen molar-refractivity contribution >= 4 is 18.1 Å². The Labute approximate surface area is 129 Å². The minimum absolute atomic E-state index is 0.0163. The van der Waals surface area contributed by atoms with Crippen LogP contribution in [0.2, 0.25) is 0 Å². The summed E-state index contributed by atoms with van der Waals surface area (Å²) in [4.78, 5) is 35.9. The molecule has 3 amide bonds. The third-order valence-electron chi connectivity index (χ3n) is 3.31. The Morgan fingerprint density at radius 3 is 2.48 bits per heavy atom. The lowest BCUT2D eigenvalue weighted by Crippen LogP contribution is -2.51. The number of nitrogens with zero attached hydrogens (tertiary/aromatic N) is 1. The minimum Gasteiger partial charge on any atom is -0.478 e.